The molecule has 0 spiro atoms. The van der Waals surface area contributed by atoms with E-state index < -0.39 is 45.3 Å². The molecule has 0 saturated carbocycles. The van der Waals surface area contributed by atoms with Gasteiger partial charge in [0.2, 0.25) is 5.75 Å². The van der Waals surface area contributed by atoms with Crippen molar-refractivity contribution in [2.45, 2.75) is 6.92 Å². The predicted octanol–water partition coefficient (Wildman–Crippen LogP) is -0.425. The molecule has 2 N–H and O–H groups in total. The maximum absolute atomic E-state index is 11.6. The van der Waals surface area contributed by atoms with E-state index in [1.165, 1.54) is 0 Å². The van der Waals surface area contributed by atoms with Gasteiger partial charge in [0, 0.05) is 11.6 Å². The first-order valence-corrected chi connectivity index (χ1v) is 4.71. The SMILES string of the molecule is CC(C(=O)[O-])C(=O)c1cc(O)c(O)c([N+](=O)[O-])c1. The molecule has 0 bridgehead atoms. The number of hydrogen-bond donors (Lipinski definition) is 2. The molecular formula is C10H8NO7-. The van der Waals surface area contributed by atoms with Crippen LogP contribution in [0, 0.1) is 16.0 Å². The Kier molecular flexibility index (Phi) is 3.50. The van der Waals surface area contributed by atoms with Gasteiger partial charge < -0.3 is 20.1 Å². The number of benzene rings is 1. The lowest BCUT2D eigenvalue weighted by Gasteiger charge is -2.11. The molecule has 0 amide bonds. The summed E-state index contributed by atoms with van der Waals surface area (Å²) in [5.41, 5.74) is -1.28. The molecule has 0 saturated heterocycles. The summed E-state index contributed by atoms with van der Waals surface area (Å²) in [7, 11) is 0. The van der Waals surface area contributed by atoms with Gasteiger partial charge in [-0.15, -0.1) is 0 Å². The fourth-order valence-corrected chi connectivity index (χ4v) is 1.24. The molecule has 18 heavy (non-hydrogen) atoms. The second-order valence-electron chi connectivity index (χ2n) is 3.53. The van der Waals surface area contributed by atoms with Crippen molar-refractivity contribution in [2.24, 2.45) is 5.92 Å². The Morgan fingerprint density at radius 2 is 1.89 bits per heavy atom. The van der Waals surface area contributed by atoms with Gasteiger partial charge in [-0.1, -0.05) is 0 Å². The molecule has 1 aromatic carbocycles. The maximum Gasteiger partial charge on any atom is 0.315 e. The number of aliphatic carboxylic acids is 1. The number of rotatable bonds is 4. The van der Waals surface area contributed by atoms with Crippen molar-refractivity contribution in [3.8, 4) is 11.5 Å². The number of nitro groups is 1. The van der Waals surface area contributed by atoms with Gasteiger partial charge in [0.05, 0.1) is 16.8 Å². The van der Waals surface area contributed by atoms with Gasteiger partial charge in [-0.2, -0.15) is 0 Å². The molecule has 0 aliphatic rings. The summed E-state index contributed by atoms with van der Waals surface area (Å²) in [5, 5.41) is 39.5. The number of nitrogens with zero attached hydrogens (tertiary/aromatic N) is 1. The van der Waals surface area contributed by atoms with E-state index in [0.29, 0.717) is 6.07 Å². The van der Waals surface area contributed by atoms with E-state index in [1.54, 1.807) is 0 Å². The third-order valence-electron chi connectivity index (χ3n) is 2.30. The van der Waals surface area contributed by atoms with Gasteiger partial charge in [-0.25, -0.2) is 0 Å². The minimum Gasteiger partial charge on any atom is -0.549 e. The lowest BCUT2D eigenvalue weighted by Crippen LogP contribution is -2.34. The normalized spacial score (nSPS) is 11.8. The number of carbonyl (C=O) groups is 2. The zero-order valence-electron chi connectivity index (χ0n) is 9.11. The van der Waals surface area contributed by atoms with Crippen LogP contribution in [0.1, 0.15) is 17.3 Å². The van der Waals surface area contributed by atoms with Gasteiger partial charge in [0.15, 0.2) is 11.5 Å². The Labute approximate surface area is 100 Å². The molecule has 0 fully saturated rings. The highest BCUT2D eigenvalue weighted by Crippen LogP contribution is 2.36. The monoisotopic (exact) mass is 254 g/mol. The lowest BCUT2D eigenvalue weighted by molar-refractivity contribution is -0.386. The summed E-state index contributed by atoms with van der Waals surface area (Å²) < 4.78 is 0. The molecule has 1 rings (SSSR count). The van der Waals surface area contributed by atoms with Crippen molar-refractivity contribution in [1.29, 1.82) is 0 Å². The van der Waals surface area contributed by atoms with Crippen LogP contribution >= 0.6 is 0 Å². The number of phenolic OH excluding ortho intramolecular Hbond substituents is 2. The van der Waals surface area contributed by atoms with Crippen LogP contribution in [0.3, 0.4) is 0 Å². The highest BCUT2D eigenvalue weighted by atomic mass is 16.6. The third-order valence-corrected chi connectivity index (χ3v) is 2.30. The number of nitro benzene ring substituents is 1. The number of phenols is 2. The van der Waals surface area contributed by atoms with E-state index in [4.69, 9.17) is 0 Å². The lowest BCUT2D eigenvalue weighted by atomic mass is 9.98. The molecule has 1 unspecified atom stereocenters. The molecule has 0 radical (unpaired) electrons. The number of carbonyl (C=O) groups excluding carboxylic acids is 2. The van der Waals surface area contributed by atoms with E-state index >= 15 is 0 Å². The molecule has 0 aliphatic carbocycles. The molecule has 1 aromatic rings. The molecule has 1 atom stereocenters. The summed E-state index contributed by atoms with van der Waals surface area (Å²) in [5.74, 6) is -5.99. The highest BCUT2D eigenvalue weighted by molar-refractivity contribution is 6.08. The zero-order chi connectivity index (χ0) is 14.0. The number of aromatic hydroxyl groups is 2. The predicted molar refractivity (Wildman–Crippen MR) is 54.9 cm³/mol. The van der Waals surface area contributed by atoms with Crippen molar-refractivity contribution in [1.82, 2.24) is 0 Å². The Balaban J connectivity index is 3.31. The van der Waals surface area contributed by atoms with Gasteiger partial charge >= 0.3 is 5.69 Å². The maximum atomic E-state index is 11.6. The van der Waals surface area contributed by atoms with Gasteiger partial charge in [-0.05, 0) is 13.0 Å². The quantitative estimate of drug-likeness (QED) is 0.244. The Morgan fingerprint density at radius 3 is 2.33 bits per heavy atom. The molecular weight excluding hydrogens is 246 g/mol. The molecule has 0 heterocycles. The van der Waals surface area contributed by atoms with Gasteiger partial charge in [0.25, 0.3) is 0 Å². The molecule has 96 valence electrons. The topological polar surface area (TPSA) is 141 Å². The third kappa shape index (κ3) is 2.37. The summed E-state index contributed by atoms with van der Waals surface area (Å²) in [4.78, 5) is 31.6. The Morgan fingerprint density at radius 1 is 1.33 bits per heavy atom. The van der Waals surface area contributed by atoms with Gasteiger partial charge in [-0.3, -0.25) is 14.9 Å². The fraction of sp³-hybridized carbons (Fsp3) is 0.200. The van der Waals surface area contributed by atoms with E-state index in [-0.39, 0.29) is 0 Å². The van der Waals surface area contributed by atoms with E-state index in [9.17, 15) is 35.0 Å². The first kappa shape index (κ1) is 13.4. The van der Waals surface area contributed by atoms with Crippen LogP contribution in [0.2, 0.25) is 0 Å². The molecule has 0 aliphatic heterocycles. The summed E-state index contributed by atoms with van der Waals surface area (Å²) >= 11 is 0. The Hall–Kier alpha value is -2.64. The minimum atomic E-state index is -1.64. The van der Waals surface area contributed by atoms with Gasteiger partial charge in [0.1, 0.15) is 0 Å². The smallest absolute Gasteiger partial charge is 0.315 e. The van der Waals surface area contributed by atoms with Crippen LogP contribution in [0.4, 0.5) is 5.69 Å². The van der Waals surface area contributed by atoms with Crippen molar-refractivity contribution >= 4 is 17.4 Å². The number of Topliss-reactive ketones (excluding diaryl/α,β-unsaturated/α-hetero) is 1. The van der Waals surface area contributed by atoms with Crippen LogP contribution in [0.15, 0.2) is 12.1 Å². The molecule has 0 aromatic heterocycles. The van der Waals surface area contributed by atoms with Crippen LogP contribution < -0.4 is 5.11 Å². The number of carboxylic acids is 1. The number of ketones is 1. The average molecular weight is 254 g/mol. The largest absolute Gasteiger partial charge is 0.549 e. The number of hydrogen-bond acceptors (Lipinski definition) is 7. The summed E-state index contributed by atoms with van der Waals surface area (Å²) in [6.07, 6.45) is 0. The van der Waals surface area contributed by atoms with E-state index in [0.717, 1.165) is 13.0 Å². The van der Waals surface area contributed by atoms with Crippen molar-refractivity contribution in [3.63, 3.8) is 0 Å². The second-order valence-corrected chi connectivity index (χ2v) is 3.53. The zero-order valence-corrected chi connectivity index (χ0v) is 9.11. The van der Waals surface area contributed by atoms with Crippen molar-refractivity contribution in [3.05, 3.63) is 27.8 Å². The highest BCUT2D eigenvalue weighted by Gasteiger charge is 2.24. The fourth-order valence-electron chi connectivity index (χ4n) is 1.24. The van der Waals surface area contributed by atoms with Crippen LogP contribution in [0.5, 0.6) is 11.5 Å². The first-order valence-electron chi connectivity index (χ1n) is 4.71. The standard InChI is InChI=1S/C10H9NO7/c1-4(10(15)16)8(13)5-2-6(11(17)18)9(14)7(12)3-5/h2-4,12,14H,1H3,(H,15,16)/p-1. The molecule has 8 nitrogen and oxygen atoms in total. The van der Waals surface area contributed by atoms with Crippen LogP contribution in [-0.4, -0.2) is 26.9 Å². The summed E-state index contributed by atoms with van der Waals surface area (Å²) in [6, 6.07) is 1.45. The van der Waals surface area contributed by atoms with E-state index in [1.807, 2.05) is 0 Å². The average Bonchev–Trinajstić information content (AvgIpc) is 2.29. The van der Waals surface area contributed by atoms with E-state index in [2.05, 4.69) is 0 Å². The van der Waals surface area contributed by atoms with Crippen molar-refractivity contribution in [2.75, 3.05) is 0 Å². The van der Waals surface area contributed by atoms with Crippen molar-refractivity contribution < 1.29 is 29.8 Å². The minimum absolute atomic E-state index is 0.395. The second kappa shape index (κ2) is 4.70. The molecule has 8 heteroatoms. The first-order chi connectivity index (χ1) is 8.25. The number of carboxylic acid groups (broad SMARTS) is 1. The van der Waals surface area contributed by atoms with Crippen LogP contribution in [-0.2, 0) is 4.79 Å². The van der Waals surface area contributed by atoms with Crippen LogP contribution in [0.25, 0.3) is 0 Å². The Bertz CT molecular complexity index is 537. The summed E-state index contributed by atoms with van der Waals surface area (Å²) in [6.45, 7) is 1.05.